The van der Waals surface area contributed by atoms with E-state index in [9.17, 15) is 5.11 Å². The largest absolute Gasteiger partial charge is 0.394 e. The van der Waals surface area contributed by atoms with Gasteiger partial charge in [-0.1, -0.05) is 6.92 Å². The van der Waals surface area contributed by atoms with E-state index >= 15 is 0 Å². The molecule has 2 rings (SSSR count). The van der Waals surface area contributed by atoms with Gasteiger partial charge in [-0.2, -0.15) is 0 Å². The van der Waals surface area contributed by atoms with Gasteiger partial charge in [-0.05, 0) is 19.3 Å². The van der Waals surface area contributed by atoms with E-state index in [0.717, 1.165) is 12.8 Å². The van der Waals surface area contributed by atoms with E-state index in [-0.39, 0.29) is 18.8 Å². The predicted molar refractivity (Wildman–Crippen MR) is 58.9 cm³/mol. The van der Waals surface area contributed by atoms with Crippen LogP contribution in [0.1, 0.15) is 39.5 Å². The van der Waals surface area contributed by atoms with Crippen molar-refractivity contribution < 1.29 is 19.7 Å². The van der Waals surface area contributed by atoms with Crippen LogP contribution >= 0.6 is 0 Å². The maximum atomic E-state index is 9.81. The van der Waals surface area contributed by atoms with Crippen LogP contribution in [0.2, 0.25) is 0 Å². The second kappa shape index (κ2) is 4.61. The molecule has 2 aliphatic rings. The van der Waals surface area contributed by atoms with Gasteiger partial charge in [-0.25, -0.2) is 0 Å². The van der Waals surface area contributed by atoms with Gasteiger partial charge in [0.15, 0.2) is 5.79 Å². The summed E-state index contributed by atoms with van der Waals surface area (Å²) >= 11 is 0. The van der Waals surface area contributed by atoms with Crippen molar-refractivity contribution in [2.45, 2.75) is 63.6 Å². The highest BCUT2D eigenvalue weighted by Crippen LogP contribution is 2.40. The zero-order valence-electron chi connectivity index (χ0n) is 10.1. The Morgan fingerprint density at radius 3 is 2.69 bits per heavy atom. The minimum atomic E-state index is -0.656. The Bertz CT molecular complexity index is 241. The van der Waals surface area contributed by atoms with Gasteiger partial charge in [0, 0.05) is 19.3 Å². The van der Waals surface area contributed by atoms with Crippen LogP contribution in [0.5, 0.6) is 0 Å². The fraction of sp³-hybridized carbons (Fsp3) is 1.00. The second-order valence-corrected chi connectivity index (χ2v) is 5.27. The molecule has 0 aromatic rings. The molecule has 1 spiro atoms. The molecule has 5 atom stereocenters. The molecular formula is C12H22O4. The molecule has 0 radical (unpaired) electrons. The summed E-state index contributed by atoms with van der Waals surface area (Å²) in [6.07, 6.45) is 2.33. The van der Waals surface area contributed by atoms with Crippen molar-refractivity contribution in [3.8, 4) is 0 Å². The average molecular weight is 230 g/mol. The molecule has 2 fully saturated rings. The van der Waals surface area contributed by atoms with Crippen LogP contribution < -0.4 is 0 Å². The van der Waals surface area contributed by atoms with E-state index in [1.165, 1.54) is 0 Å². The summed E-state index contributed by atoms with van der Waals surface area (Å²) < 4.78 is 11.8. The van der Waals surface area contributed by atoms with Gasteiger partial charge in [-0.15, -0.1) is 0 Å². The minimum absolute atomic E-state index is 0.0495. The quantitative estimate of drug-likeness (QED) is 0.707. The molecule has 4 heteroatoms. The number of hydrogen-bond acceptors (Lipinski definition) is 4. The highest BCUT2D eigenvalue weighted by molar-refractivity contribution is 4.88. The highest BCUT2D eigenvalue weighted by Gasteiger charge is 2.46. The summed E-state index contributed by atoms with van der Waals surface area (Å²) in [6.45, 7) is 4.16. The molecule has 2 heterocycles. The van der Waals surface area contributed by atoms with Crippen molar-refractivity contribution >= 4 is 0 Å². The Kier molecular flexibility index (Phi) is 3.54. The normalized spacial score (nSPS) is 49.5. The summed E-state index contributed by atoms with van der Waals surface area (Å²) in [4.78, 5) is 0. The summed E-state index contributed by atoms with van der Waals surface area (Å²) in [5, 5.41) is 19.0. The Hall–Kier alpha value is -0.160. The molecule has 4 nitrogen and oxygen atoms in total. The molecule has 2 saturated heterocycles. The first kappa shape index (κ1) is 12.3. The molecule has 0 amide bonds. The first-order chi connectivity index (χ1) is 7.54. The van der Waals surface area contributed by atoms with E-state index in [1.807, 2.05) is 6.92 Å². The molecule has 94 valence electrons. The van der Waals surface area contributed by atoms with E-state index in [0.29, 0.717) is 18.8 Å². The first-order valence-corrected chi connectivity index (χ1v) is 6.19. The first-order valence-electron chi connectivity index (χ1n) is 6.19. The molecule has 16 heavy (non-hydrogen) atoms. The van der Waals surface area contributed by atoms with Crippen molar-refractivity contribution in [2.24, 2.45) is 5.92 Å². The van der Waals surface area contributed by atoms with E-state index < -0.39 is 11.9 Å². The van der Waals surface area contributed by atoms with Crippen LogP contribution in [0.4, 0.5) is 0 Å². The number of rotatable bonds is 1. The van der Waals surface area contributed by atoms with Gasteiger partial charge in [-0.3, -0.25) is 0 Å². The lowest BCUT2D eigenvalue weighted by Gasteiger charge is -2.48. The summed E-state index contributed by atoms with van der Waals surface area (Å²) in [6, 6.07) is 0. The predicted octanol–water partition coefficient (Wildman–Crippen LogP) is 1.05. The topological polar surface area (TPSA) is 58.9 Å². The lowest BCUT2D eigenvalue weighted by Crippen LogP contribution is -2.53. The molecular weight excluding hydrogens is 208 g/mol. The zero-order chi connectivity index (χ0) is 11.8. The van der Waals surface area contributed by atoms with Gasteiger partial charge in [0.05, 0.1) is 24.9 Å². The molecule has 2 aliphatic heterocycles. The SMILES string of the molecule is C[C@H]1CC[C@]2(C[C@@H](O)C[C@@H](CO)O2)O[C@@H]1C. The fourth-order valence-corrected chi connectivity index (χ4v) is 2.69. The smallest absolute Gasteiger partial charge is 0.171 e. The van der Waals surface area contributed by atoms with Crippen LogP contribution in [0.25, 0.3) is 0 Å². The number of aliphatic hydroxyl groups excluding tert-OH is 2. The third-order valence-electron chi connectivity index (χ3n) is 3.85. The lowest BCUT2D eigenvalue weighted by molar-refractivity contribution is -0.335. The van der Waals surface area contributed by atoms with Crippen molar-refractivity contribution in [1.82, 2.24) is 0 Å². The number of ether oxygens (including phenoxy) is 2. The van der Waals surface area contributed by atoms with Gasteiger partial charge >= 0.3 is 0 Å². The molecule has 0 aromatic carbocycles. The highest BCUT2D eigenvalue weighted by atomic mass is 16.7. The molecule has 0 aliphatic carbocycles. The maximum absolute atomic E-state index is 9.81. The van der Waals surface area contributed by atoms with Crippen LogP contribution in [0, 0.1) is 5.92 Å². The van der Waals surface area contributed by atoms with Gasteiger partial charge in [0.25, 0.3) is 0 Å². The van der Waals surface area contributed by atoms with Gasteiger partial charge < -0.3 is 19.7 Å². The van der Waals surface area contributed by atoms with Crippen LogP contribution in [-0.2, 0) is 9.47 Å². The third kappa shape index (κ3) is 2.40. The van der Waals surface area contributed by atoms with Gasteiger partial charge in [0.2, 0.25) is 0 Å². The molecule has 2 N–H and O–H groups in total. The van der Waals surface area contributed by atoms with Crippen molar-refractivity contribution in [3.05, 3.63) is 0 Å². The molecule has 0 saturated carbocycles. The Morgan fingerprint density at radius 1 is 1.31 bits per heavy atom. The van der Waals surface area contributed by atoms with E-state index in [2.05, 4.69) is 6.92 Å². The lowest BCUT2D eigenvalue weighted by atomic mass is 9.87. The standard InChI is InChI=1S/C12H22O4/c1-8-3-4-12(15-9(8)2)6-10(14)5-11(7-13)16-12/h8-11,13-14H,3-7H2,1-2H3/t8-,9+,10-,11-,12-/m0/s1. The average Bonchev–Trinajstić information content (AvgIpc) is 2.23. The van der Waals surface area contributed by atoms with Crippen molar-refractivity contribution in [2.75, 3.05) is 6.61 Å². The molecule has 0 aromatic heterocycles. The molecule has 0 bridgehead atoms. The summed E-state index contributed by atoms with van der Waals surface area (Å²) in [5.74, 6) is -0.127. The van der Waals surface area contributed by atoms with Crippen LogP contribution in [0.15, 0.2) is 0 Å². The number of hydrogen-bond donors (Lipinski definition) is 2. The van der Waals surface area contributed by atoms with E-state index in [4.69, 9.17) is 14.6 Å². The maximum Gasteiger partial charge on any atom is 0.171 e. The zero-order valence-corrected chi connectivity index (χ0v) is 10.1. The Labute approximate surface area is 96.6 Å². The second-order valence-electron chi connectivity index (χ2n) is 5.27. The van der Waals surface area contributed by atoms with Crippen molar-refractivity contribution in [3.63, 3.8) is 0 Å². The summed E-state index contributed by atoms with van der Waals surface area (Å²) in [7, 11) is 0. The van der Waals surface area contributed by atoms with Gasteiger partial charge in [0.1, 0.15) is 0 Å². The van der Waals surface area contributed by atoms with Crippen molar-refractivity contribution in [1.29, 1.82) is 0 Å². The molecule has 0 unspecified atom stereocenters. The third-order valence-corrected chi connectivity index (χ3v) is 3.85. The van der Waals surface area contributed by atoms with E-state index in [1.54, 1.807) is 0 Å². The summed E-state index contributed by atoms with van der Waals surface area (Å²) in [5.41, 5.74) is 0. The number of aliphatic hydroxyl groups is 2. The minimum Gasteiger partial charge on any atom is -0.394 e. The Morgan fingerprint density at radius 2 is 2.06 bits per heavy atom. The fourth-order valence-electron chi connectivity index (χ4n) is 2.69. The monoisotopic (exact) mass is 230 g/mol. The van der Waals surface area contributed by atoms with Crippen LogP contribution in [-0.4, -0.2) is 40.9 Å². The Balaban J connectivity index is 2.06. The van der Waals surface area contributed by atoms with Crippen LogP contribution in [0.3, 0.4) is 0 Å².